The average molecular weight is 277 g/mol. The lowest BCUT2D eigenvalue weighted by Gasteiger charge is -2.22. The van der Waals surface area contributed by atoms with Crippen LogP contribution in [-0.2, 0) is 11.3 Å². The molecule has 0 atom stereocenters. The first-order valence-electron chi connectivity index (χ1n) is 7.18. The Morgan fingerprint density at radius 3 is 2.90 bits per heavy atom. The molecule has 0 amide bonds. The fraction of sp³-hybridized carbons (Fsp3) is 0.562. The van der Waals surface area contributed by atoms with E-state index in [4.69, 9.17) is 9.72 Å². The minimum Gasteiger partial charge on any atom is -0.383 e. The van der Waals surface area contributed by atoms with Gasteiger partial charge in [0.1, 0.15) is 5.82 Å². The number of hydrogen-bond donors (Lipinski definition) is 1. The van der Waals surface area contributed by atoms with Gasteiger partial charge in [-0.15, -0.1) is 6.58 Å². The van der Waals surface area contributed by atoms with Crippen LogP contribution >= 0.6 is 0 Å². The maximum atomic E-state index is 5.15. The lowest BCUT2D eigenvalue weighted by Crippen LogP contribution is -2.28. The highest BCUT2D eigenvalue weighted by Gasteiger charge is 2.07. The molecule has 1 aromatic rings. The molecule has 0 aliphatic heterocycles. The molecule has 20 heavy (non-hydrogen) atoms. The molecule has 0 saturated carbocycles. The van der Waals surface area contributed by atoms with E-state index in [2.05, 4.69) is 42.8 Å². The highest BCUT2D eigenvalue weighted by atomic mass is 16.5. The Morgan fingerprint density at radius 2 is 2.25 bits per heavy atom. The summed E-state index contributed by atoms with van der Waals surface area (Å²) in [5.41, 5.74) is 1.06. The minimum absolute atomic E-state index is 0.650. The maximum absolute atomic E-state index is 5.15. The molecule has 1 N–H and O–H groups in total. The summed E-state index contributed by atoms with van der Waals surface area (Å²) in [5.74, 6) is 1.63. The van der Waals surface area contributed by atoms with Gasteiger partial charge in [0, 0.05) is 26.7 Å². The molecule has 4 nitrogen and oxygen atoms in total. The first-order chi connectivity index (χ1) is 9.67. The van der Waals surface area contributed by atoms with Crippen LogP contribution in [0.2, 0.25) is 0 Å². The second kappa shape index (κ2) is 9.50. The van der Waals surface area contributed by atoms with E-state index in [0.717, 1.165) is 37.7 Å². The van der Waals surface area contributed by atoms with Crippen molar-refractivity contribution in [3.8, 4) is 0 Å². The zero-order chi connectivity index (χ0) is 14.8. The number of anilines is 1. The molecule has 0 fully saturated rings. The predicted molar refractivity (Wildman–Crippen MR) is 85.1 cm³/mol. The Hall–Kier alpha value is -1.39. The Balaban J connectivity index is 2.65. The fourth-order valence-electron chi connectivity index (χ4n) is 1.89. The Morgan fingerprint density at radius 1 is 1.45 bits per heavy atom. The highest BCUT2D eigenvalue weighted by Crippen LogP contribution is 2.11. The van der Waals surface area contributed by atoms with E-state index >= 15 is 0 Å². The molecule has 0 saturated heterocycles. The summed E-state index contributed by atoms with van der Waals surface area (Å²) in [4.78, 5) is 6.87. The van der Waals surface area contributed by atoms with E-state index in [1.807, 2.05) is 12.1 Å². The SMILES string of the molecule is C=CCN(CCOC)c1cccc(CNCC(C)C)n1. The van der Waals surface area contributed by atoms with Crippen LogP contribution in [0, 0.1) is 5.92 Å². The van der Waals surface area contributed by atoms with E-state index in [1.54, 1.807) is 7.11 Å². The van der Waals surface area contributed by atoms with Crippen LogP contribution in [0.3, 0.4) is 0 Å². The van der Waals surface area contributed by atoms with Crippen LogP contribution < -0.4 is 10.2 Å². The molecule has 1 heterocycles. The van der Waals surface area contributed by atoms with Gasteiger partial charge < -0.3 is 15.0 Å². The molecule has 0 aliphatic rings. The van der Waals surface area contributed by atoms with Gasteiger partial charge in [-0.3, -0.25) is 0 Å². The van der Waals surface area contributed by atoms with Crippen molar-refractivity contribution in [3.05, 3.63) is 36.5 Å². The molecule has 4 heteroatoms. The topological polar surface area (TPSA) is 37.4 Å². The zero-order valence-corrected chi connectivity index (χ0v) is 12.9. The monoisotopic (exact) mass is 277 g/mol. The largest absolute Gasteiger partial charge is 0.383 e. The standard InChI is InChI=1S/C16H27N3O/c1-5-9-19(10-11-20-4)16-8-6-7-15(18-16)13-17-12-14(2)3/h5-8,14,17H,1,9-13H2,2-4H3. The average Bonchev–Trinajstić information content (AvgIpc) is 2.43. The van der Waals surface area contributed by atoms with Gasteiger partial charge in [-0.2, -0.15) is 0 Å². The molecule has 0 aromatic carbocycles. The molecule has 0 unspecified atom stereocenters. The summed E-state index contributed by atoms with van der Waals surface area (Å²) in [5, 5.41) is 3.42. The fourth-order valence-corrected chi connectivity index (χ4v) is 1.89. The number of aromatic nitrogens is 1. The van der Waals surface area contributed by atoms with Gasteiger partial charge in [-0.25, -0.2) is 4.98 Å². The summed E-state index contributed by atoms with van der Waals surface area (Å²) in [6.07, 6.45) is 1.89. The number of rotatable bonds is 10. The normalized spacial score (nSPS) is 10.8. The Labute approximate surface area is 122 Å². The Kier molecular flexibility index (Phi) is 7.92. The summed E-state index contributed by atoms with van der Waals surface area (Å²) < 4.78 is 5.15. The summed E-state index contributed by atoms with van der Waals surface area (Å²) in [7, 11) is 1.71. The van der Waals surface area contributed by atoms with E-state index in [1.165, 1.54) is 0 Å². The van der Waals surface area contributed by atoms with Crippen molar-refractivity contribution in [2.24, 2.45) is 5.92 Å². The van der Waals surface area contributed by atoms with Crippen molar-refractivity contribution in [1.82, 2.24) is 10.3 Å². The number of methoxy groups -OCH3 is 1. The van der Waals surface area contributed by atoms with Gasteiger partial charge >= 0.3 is 0 Å². The van der Waals surface area contributed by atoms with Gasteiger partial charge in [0.25, 0.3) is 0 Å². The van der Waals surface area contributed by atoms with Crippen molar-refractivity contribution in [1.29, 1.82) is 0 Å². The van der Waals surface area contributed by atoms with Crippen LogP contribution in [0.4, 0.5) is 5.82 Å². The third-order valence-corrected chi connectivity index (χ3v) is 2.89. The van der Waals surface area contributed by atoms with Gasteiger partial charge in [0.2, 0.25) is 0 Å². The molecule has 112 valence electrons. The van der Waals surface area contributed by atoms with Crippen molar-refractivity contribution in [3.63, 3.8) is 0 Å². The van der Waals surface area contributed by atoms with Gasteiger partial charge in [0.05, 0.1) is 12.3 Å². The van der Waals surface area contributed by atoms with Gasteiger partial charge in [-0.1, -0.05) is 26.0 Å². The first-order valence-corrected chi connectivity index (χ1v) is 7.18. The molecular weight excluding hydrogens is 250 g/mol. The predicted octanol–water partition coefficient (Wildman–Crippen LogP) is 2.47. The number of nitrogens with one attached hydrogen (secondary N) is 1. The van der Waals surface area contributed by atoms with E-state index in [9.17, 15) is 0 Å². The van der Waals surface area contributed by atoms with Crippen molar-refractivity contribution >= 4 is 5.82 Å². The molecule has 1 rings (SSSR count). The molecule has 0 aliphatic carbocycles. The summed E-state index contributed by atoms with van der Waals surface area (Å²) in [6.45, 7) is 12.3. The lowest BCUT2D eigenvalue weighted by molar-refractivity contribution is 0.205. The smallest absolute Gasteiger partial charge is 0.129 e. The molecular formula is C16H27N3O. The molecule has 0 bridgehead atoms. The van der Waals surface area contributed by atoms with Crippen LogP contribution in [-0.4, -0.2) is 38.3 Å². The second-order valence-electron chi connectivity index (χ2n) is 5.24. The van der Waals surface area contributed by atoms with Gasteiger partial charge in [-0.05, 0) is 24.6 Å². The van der Waals surface area contributed by atoms with E-state index in [-0.39, 0.29) is 0 Å². The number of hydrogen-bond acceptors (Lipinski definition) is 4. The van der Waals surface area contributed by atoms with Crippen molar-refractivity contribution < 1.29 is 4.74 Å². The van der Waals surface area contributed by atoms with Crippen molar-refractivity contribution in [2.45, 2.75) is 20.4 Å². The van der Waals surface area contributed by atoms with Crippen LogP contribution in [0.15, 0.2) is 30.9 Å². The first kappa shape index (κ1) is 16.7. The maximum Gasteiger partial charge on any atom is 0.129 e. The summed E-state index contributed by atoms with van der Waals surface area (Å²) >= 11 is 0. The third-order valence-electron chi connectivity index (χ3n) is 2.89. The van der Waals surface area contributed by atoms with E-state index in [0.29, 0.717) is 12.5 Å². The number of ether oxygens (including phenoxy) is 1. The highest BCUT2D eigenvalue weighted by molar-refractivity contribution is 5.40. The molecule has 0 spiro atoms. The number of nitrogens with zero attached hydrogens (tertiary/aromatic N) is 2. The molecule has 1 aromatic heterocycles. The van der Waals surface area contributed by atoms with Crippen LogP contribution in [0.5, 0.6) is 0 Å². The summed E-state index contributed by atoms with van der Waals surface area (Å²) in [6, 6.07) is 6.14. The lowest BCUT2D eigenvalue weighted by atomic mass is 10.2. The van der Waals surface area contributed by atoms with Crippen LogP contribution in [0.1, 0.15) is 19.5 Å². The Bertz CT molecular complexity index is 393. The number of pyridine rings is 1. The minimum atomic E-state index is 0.650. The second-order valence-corrected chi connectivity index (χ2v) is 5.24. The quantitative estimate of drug-likeness (QED) is 0.667. The van der Waals surface area contributed by atoms with Crippen molar-refractivity contribution in [2.75, 3.05) is 38.3 Å². The van der Waals surface area contributed by atoms with Gasteiger partial charge in [0.15, 0.2) is 0 Å². The third kappa shape index (κ3) is 6.17. The molecule has 0 radical (unpaired) electrons. The van der Waals surface area contributed by atoms with E-state index < -0.39 is 0 Å². The van der Waals surface area contributed by atoms with Crippen LogP contribution in [0.25, 0.3) is 0 Å². The zero-order valence-electron chi connectivity index (χ0n) is 12.9.